The van der Waals surface area contributed by atoms with Crippen LogP contribution in [0.2, 0.25) is 0 Å². The number of carbonyl (C=O) groups is 1. The van der Waals surface area contributed by atoms with Gasteiger partial charge in [-0.3, -0.25) is 4.79 Å². The molecule has 106 valence electrons. The van der Waals surface area contributed by atoms with Gasteiger partial charge in [0.15, 0.2) is 0 Å². The fraction of sp³-hybridized carbons (Fsp3) is 0.933. The standard InChI is InChI=1S/C15H29NOS/c1-12(7-9-18-5)16(4)11-13-10-15(2,3)8-6-14(13)17/h12-13H,6-11H2,1-5H3. The van der Waals surface area contributed by atoms with Crippen LogP contribution in [0.3, 0.4) is 0 Å². The summed E-state index contributed by atoms with van der Waals surface area (Å²) in [5, 5.41) is 0. The molecule has 2 unspecified atom stereocenters. The monoisotopic (exact) mass is 271 g/mol. The van der Waals surface area contributed by atoms with E-state index in [0.29, 0.717) is 17.2 Å². The third kappa shape index (κ3) is 4.93. The van der Waals surface area contributed by atoms with Crippen molar-refractivity contribution in [3.8, 4) is 0 Å². The lowest BCUT2D eigenvalue weighted by Gasteiger charge is -2.37. The lowest BCUT2D eigenvalue weighted by Crippen LogP contribution is -2.40. The summed E-state index contributed by atoms with van der Waals surface area (Å²) in [6.07, 6.45) is 6.27. The Bertz CT molecular complexity index is 278. The summed E-state index contributed by atoms with van der Waals surface area (Å²) < 4.78 is 0. The lowest BCUT2D eigenvalue weighted by molar-refractivity contribution is -0.127. The molecule has 0 N–H and O–H groups in total. The number of thioether (sulfide) groups is 1. The molecule has 0 amide bonds. The predicted molar refractivity (Wildman–Crippen MR) is 81.2 cm³/mol. The van der Waals surface area contributed by atoms with Crippen LogP contribution >= 0.6 is 11.8 Å². The van der Waals surface area contributed by atoms with Crippen LogP contribution in [-0.4, -0.2) is 42.3 Å². The summed E-state index contributed by atoms with van der Waals surface area (Å²) in [7, 11) is 2.17. The van der Waals surface area contributed by atoms with Crippen molar-refractivity contribution in [3.63, 3.8) is 0 Å². The molecule has 0 bridgehead atoms. The zero-order valence-electron chi connectivity index (χ0n) is 12.7. The molecule has 0 heterocycles. The zero-order valence-corrected chi connectivity index (χ0v) is 13.5. The third-order valence-corrected chi connectivity index (χ3v) is 4.95. The molecule has 0 aliphatic heterocycles. The van der Waals surface area contributed by atoms with Gasteiger partial charge in [-0.15, -0.1) is 0 Å². The number of hydrogen-bond acceptors (Lipinski definition) is 3. The van der Waals surface area contributed by atoms with E-state index >= 15 is 0 Å². The molecule has 0 saturated heterocycles. The fourth-order valence-electron chi connectivity index (χ4n) is 2.75. The summed E-state index contributed by atoms with van der Waals surface area (Å²) >= 11 is 1.90. The molecule has 0 aromatic rings. The van der Waals surface area contributed by atoms with Gasteiger partial charge in [0, 0.05) is 24.9 Å². The molecule has 0 radical (unpaired) electrons. The second-order valence-electron chi connectivity index (χ2n) is 6.60. The minimum absolute atomic E-state index is 0.260. The van der Waals surface area contributed by atoms with Crippen molar-refractivity contribution in [2.45, 2.75) is 52.5 Å². The molecule has 1 saturated carbocycles. The van der Waals surface area contributed by atoms with Gasteiger partial charge in [-0.2, -0.15) is 11.8 Å². The Labute approximate surface area is 117 Å². The van der Waals surface area contributed by atoms with Crippen molar-refractivity contribution in [1.29, 1.82) is 0 Å². The molecule has 2 atom stereocenters. The highest BCUT2D eigenvalue weighted by molar-refractivity contribution is 7.98. The molecule has 3 heteroatoms. The van der Waals surface area contributed by atoms with Gasteiger partial charge in [0.05, 0.1) is 0 Å². The zero-order chi connectivity index (χ0) is 13.8. The van der Waals surface area contributed by atoms with E-state index in [1.54, 1.807) is 0 Å². The summed E-state index contributed by atoms with van der Waals surface area (Å²) in [4.78, 5) is 14.4. The topological polar surface area (TPSA) is 20.3 Å². The van der Waals surface area contributed by atoms with E-state index in [-0.39, 0.29) is 5.92 Å². The molecule has 0 aromatic heterocycles. The average Bonchev–Trinajstić information content (AvgIpc) is 2.30. The molecule has 1 fully saturated rings. The van der Waals surface area contributed by atoms with E-state index < -0.39 is 0 Å². The molecule has 0 spiro atoms. The van der Waals surface area contributed by atoms with Crippen molar-refractivity contribution in [2.75, 3.05) is 25.6 Å². The highest BCUT2D eigenvalue weighted by atomic mass is 32.2. The number of rotatable bonds is 6. The van der Waals surface area contributed by atoms with Crippen LogP contribution in [0.15, 0.2) is 0 Å². The largest absolute Gasteiger partial charge is 0.303 e. The summed E-state index contributed by atoms with van der Waals surface area (Å²) in [6, 6.07) is 0.579. The van der Waals surface area contributed by atoms with Gasteiger partial charge in [-0.25, -0.2) is 0 Å². The van der Waals surface area contributed by atoms with Crippen LogP contribution in [0.25, 0.3) is 0 Å². The summed E-state index contributed by atoms with van der Waals surface area (Å²) in [6.45, 7) is 7.81. The molecule has 2 nitrogen and oxygen atoms in total. The highest BCUT2D eigenvalue weighted by Crippen LogP contribution is 2.37. The Morgan fingerprint density at radius 3 is 2.78 bits per heavy atom. The fourth-order valence-corrected chi connectivity index (χ4v) is 3.33. The average molecular weight is 271 g/mol. The van der Waals surface area contributed by atoms with E-state index in [1.807, 2.05) is 11.8 Å². The normalized spacial score (nSPS) is 25.4. The Morgan fingerprint density at radius 2 is 2.17 bits per heavy atom. The van der Waals surface area contributed by atoms with Gasteiger partial charge in [0.2, 0.25) is 0 Å². The van der Waals surface area contributed by atoms with Crippen molar-refractivity contribution >= 4 is 17.5 Å². The third-order valence-electron chi connectivity index (χ3n) is 4.30. The molecular weight excluding hydrogens is 242 g/mol. The van der Waals surface area contributed by atoms with Gasteiger partial charge in [0.1, 0.15) is 5.78 Å². The molecule has 18 heavy (non-hydrogen) atoms. The summed E-state index contributed by atoms with van der Waals surface area (Å²) in [5.74, 6) is 1.95. The Morgan fingerprint density at radius 1 is 1.50 bits per heavy atom. The predicted octanol–water partition coefficient (Wildman–Crippen LogP) is 3.46. The van der Waals surface area contributed by atoms with Crippen molar-refractivity contribution in [3.05, 3.63) is 0 Å². The van der Waals surface area contributed by atoms with Crippen molar-refractivity contribution < 1.29 is 4.79 Å². The first-order valence-corrected chi connectivity index (χ1v) is 8.47. The molecule has 1 aliphatic carbocycles. The van der Waals surface area contributed by atoms with Crippen LogP contribution in [0.1, 0.15) is 46.5 Å². The van der Waals surface area contributed by atoms with E-state index in [1.165, 1.54) is 12.2 Å². The quantitative estimate of drug-likeness (QED) is 0.738. The Kier molecular flexibility index (Phi) is 6.19. The second-order valence-corrected chi connectivity index (χ2v) is 7.59. The van der Waals surface area contributed by atoms with Crippen LogP contribution < -0.4 is 0 Å². The smallest absolute Gasteiger partial charge is 0.137 e. The SMILES string of the molecule is CSCCC(C)N(C)CC1CC(C)(C)CCC1=O. The van der Waals surface area contributed by atoms with Crippen LogP contribution in [0.4, 0.5) is 0 Å². The van der Waals surface area contributed by atoms with E-state index in [0.717, 1.165) is 25.8 Å². The van der Waals surface area contributed by atoms with E-state index in [9.17, 15) is 4.79 Å². The van der Waals surface area contributed by atoms with Crippen LogP contribution in [0.5, 0.6) is 0 Å². The van der Waals surface area contributed by atoms with E-state index in [4.69, 9.17) is 0 Å². The maximum absolute atomic E-state index is 12.0. The van der Waals surface area contributed by atoms with Crippen molar-refractivity contribution in [2.24, 2.45) is 11.3 Å². The Balaban J connectivity index is 2.46. The van der Waals surface area contributed by atoms with Crippen molar-refractivity contribution in [1.82, 2.24) is 4.90 Å². The van der Waals surface area contributed by atoms with Gasteiger partial charge >= 0.3 is 0 Å². The second kappa shape index (κ2) is 6.95. The van der Waals surface area contributed by atoms with Gasteiger partial charge in [-0.05, 0) is 50.7 Å². The number of nitrogens with zero attached hydrogens (tertiary/aromatic N) is 1. The number of Topliss-reactive ketones (excluding diaryl/α,β-unsaturated/α-hetero) is 1. The number of carbonyl (C=O) groups excluding carboxylic acids is 1. The number of ketones is 1. The van der Waals surface area contributed by atoms with Gasteiger partial charge < -0.3 is 4.90 Å². The minimum Gasteiger partial charge on any atom is -0.303 e. The lowest BCUT2D eigenvalue weighted by atomic mass is 9.71. The maximum atomic E-state index is 12.0. The molecule has 0 aromatic carbocycles. The molecule has 1 aliphatic rings. The van der Waals surface area contributed by atoms with Crippen LogP contribution in [-0.2, 0) is 4.79 Å². The first-order chi connectivity index (χ1) is 8.35. The first kappa shape index (κ1) is 16.0. The number of hydrogen-bond donors (Lipinski definition) is 0. The molecular formula is C15H29NOS. The summed E-state index contributed by atoms with van der Waals surface area (Å²) in [5.41, 5.74) is 0.349. The maximum Gasteiger partial charge on any atom is 0.137 e. The molecule has 1 rings (SSSR count). The highest BCUT2D eigenvalue weighted by Gasteiger charge is 2.34. The van der Waals surface area contributed by atoms with Crippen LogP contribution in [0, 0.1) is 11.3 Å². The Hall–Kier alpha value is -0.0200. The first-order valence-electron chi connectivity index (χ1n) is 7.07. The minimum atomic E-state index is 0.260. The van der Waals surface area contributed by atoms with Gasteiger partial charge in [0.25, 0.3) is 0 Å². The van der Waals surface area contributed by atoms with Gasteiger partial charge in [-0.1, -0.05) is 13.8 Å². The van der Waals surface area contributed by atoms with E-state index in [2.05, 4.69) is 39.0 Å².